The predicted molar refractivity (Wildman–Crippen MR) is 112 cm³/mol. The molecule has 2 aromatic carbocycles. The first-order valence-electron chi connectivity index (χ1n) is 9.87. The van der Waals surface area contributed by atoms with Crippen LogP contribution in [0.2, 0.25) is 0 Å². The van der Waals surface area contributed by atoms with E-state index in [2.05, 4.69) is 10.6 Å². The van der Waals surface area contributed by atoms with Crippen LogP contribution in [0.1, 0.15) is 19.8 Å². The van der Waals surface area contributed by atoms with Gasteiger partial charge in [-0.15, -0.1) is 0 Å². The number of carboxylic acid groups (broad SMARTS) is 1. The summed E-state index contributed by atoms with van der Waals surface area (Å²) in [7, 11) is 0. The molecule has 0 aliphatic carbocycles. The molecule has 162 valence electrons. The maximum Gasteiger partial charge on any atom is 0.313 e. The highest BCUT2D eigenvalue weighted by molar-refractivity contribution is 6.40. The lowest BCUT2D eigenvalue weighted by Crippen LogP contribution is -2.59. The lowest BCUT2D eigenvalue weighted by molar-refractivity contribution is -0.148. The van der Waals surface area contributed by atoms with E-state index in [1.54, 1.807) is 12.1 Å². The summed E-state index contributed by atoms with van der Waals surface area (Å²) in [6.45, 7) is 2.02. The number of anilines is 1. The highest BCUT2D eigenvalue weighted by Crippen LogP contribution is 2.23. The minimum absolute atomic E-state index is 0.0969. The first-order chi connectivity index (χ1) is 14.8. The molecule has 0 bridgehead atoms. The number of aldehydes is 1. The van der Waals surface area contributed by atoms with E-state index in [1.807, 2.05) is 37.3 Å². The molecular weight excluding hydrogens is 402 g/mol. The zero-order chi connectivity index (χ0) is 22.5. The number of hydrogen-bond acceptors (Lipinski definition) is 5. The molecule has 0 spiro atoms. The summed E-state index contributed by atoms with van der Waals surface area (Å²) >= 11 is 0. The number of amides is 3. The topological polar surface area (TPSA) is 133 Å². The normalized spacial score (nSPS) is 19.5. The van der Waals surface area contributed by atoms with Crippen LogP contribution in [0.4, 0.5) is 5.69 Å². The van der Waals surface area contributed by atoms with E-state index in [0.717, 1.165) is 15.7 Å². The summed E-state index contributed by atoms with van der Waals surface area (Å²) in [5.41, 5.74) is 0.464. The van der Waals surface area contributed by atoms with Gasteiger partial charge in [0.1, 0.15) is 12.3 Å². The van der Waals surface area contributed by atoms with Crippen molar-refractivity contribution in [1.29, 1.82) is 0 Å². The van der Waals surface area contributed by atoms with E-state index in [1.165, 1.54) is 0 Å². The largest absolute Gasteiger partial charge is 0.481 e. The van der Waals surface area contributed by atoms with Gasteiger partial charge in [-0.25, -0.2) is 0 Å². The molecule has 0 aromatic heterocycles. The first kappa shape index (κ1) is 21.9. The highest BCUT2D eigenvalue weighted by atomic mass is 16.4. The van der Waals surface area contributed by atoms with Crippen LogP contribution in [0.25, 0.3) is 10.8 Å². The van der Waals surface area contributed by atoms with Crippen LogP contribution >= 0.6 is 0 Å². The molecule has 3 rings (SSSR count). The Hall–Kier alpha value is -3.75. The minimum atomic E-state index is -1.21. The van der Waals surface area contributed by atoms with E-state index in [4.69, 9.17) is 5.11 Å². The molecule has 1 unspecified atom stereocenters. The number of nitrogens with zero attached hydrogens (tertiary/aromatic N) is 1. The third-order valence-electron chi connectivity index (χ3n) is 5.22. The van der Waals surface area contributed by atoms with Crippen molar-refractivity contribution in [2.75, 3.05) is 11.9 Å². The lowest BCUT2D eigenvalue weighted by atomic mass is 9.93. The summed E-state index contributed by atoms with van der Waals surface area (Å²) in [5, 5.41) is 15.6. The number of aliphatic carboxylic acids is 1. The van der Waals surface area contributed by atoms with Gasteiger partial charge in [-0.05, 0) is 23.8 Å². The molecule has 9 nitrogen and oxygen atoms in total. The van der Waals surface area contributed by atoms with Gasteiger partial charge in [0.15, 0.2) is 0 Å². The number of nitrogens with one attached hydrogen (secondary N) is 2. The summed E-state index contributed by atoms with van der Waals surface area (Å²) in [4.78, 5) is 61.2. The van der Waals surface area contributed by atoms with Crippen LogP contribution in [0.15, 0.2) is 42.5 Å². The monoisotopic (exact) mass is 425 g/mol. The van der Waals surface area contributed by atoms with Crippen molar-refractivity contribution in [3.8, 4) is 0 Å². The Labute approximate surface area is 178 Å². The molecule has 31 heavy (non-hydrogen) atoms. The molecule has 3 N–H and O–H groups in total. The van der Waals surface area contributed by atoms with Gasteiger partial charge in [-0.1, -0.05) is 43.3 Å². The number of fused-ring (bicyclic) bond motifs is 1. The van der Waals surface area contributed by atoms with E-state index >= 15 is 0 Å². The molecule has 0 saturated carbocycles. The number of likely N-dealkylation sites (tertiary alicyclic amines) is 1. The number of rotatable bonds is 6. The van der Waals surface area contributed by atoms with Gasteiger partial charge in [0.2, 0.25) is 5.91 Å². The second-order valence-corrected chi connectivity index (χ2v) is 7.64. The lowest BCUT2D eigenvalue weighted by Gasteiger charge is -2.38. The molecule has 3 atom stereocenters. The Bertz CT molecular complexity index is 1030. The number of piperidine rings is 1. The second-order valence-electron chi connectivity index (χ2n) is 7.64. The Morgan fingerprint density at radius 1 is 1.16 bits per heavy atom. The first-order valence-corrected chi connectivity index (χ1v) is 9.87. The van der Waals surface area contributed by atoms with Crippen LogP contribution in [-0.2, 0) is 24.0 Å². The zero-order valence-corrected chi connectivity index (χ0v) is 16.9. The molecule has 9 heteroatoms. The fraction of sp³-hybridized carbons (Fsp3) is 0.318. The second kappa shape index (κ2) is 9.38. The third-order valence-corrected chi connectivity index (χ3v) is 5.22. The smallest absolute Gasteiger partial charge is 0.313 e. The molecule has 0 radical (unpaired) electrons. The molecule has 1 fully saturated rings. The number of carboxylic acids is 1. The van der Waals surface area contributed by atoms with Crippen molar-refractivity contribution in [3.05, 3.63) is 42.5 Å². The van der Waals surface area contributed by atoms with Crippen molar-refractivity contribution in [2.24, 2.45) is 5.92 Å². The number of benzene rings is 2. The molecule has 2 aromatic rings. The van der Waals surface area contributed by atoms with Crippen LogP contribution in [0, 0.1) is 5.92 Å². The van der Waals surface area contributed by atoms with Gasteiger partial charge in [0.25, 0.3) is 0 Å². The number of carbonyl (C=O) groups excluding carboxylic acids is 4. The van der Waals surface area contributed by atoms with Crippen molar-refractivity contribution in [1.82, 2.24) is 10.2 Å². The minimum Gasteiger partial charge on any atom is -0.481 e. The average molecular weight is 425 g/mol. The Morgan fingerprint density at radius 2 is 1.87 bits per heavy atom. The molecule has 1 aliphatic heterocycles. The number of hydrogen-bond donors (Lipinski definition) is 3. The van der Waals surface area contributed by atoms with Crippen molar-refractivity contribution >= 4 is 46.4 Å². The third kappa shape index (κ3) is 5.06. The zero-order valence-electron chi connectivity index (χ0n) is 16.9. The van der Waals surface area contributed by atoms with Gasteiger partial charge < -0.3 is 25.4 Å². The maximum atomic E-state index is 12.8. The van der Waals surface area contributed by atoms with Gasteiger partial charge in [0, 0.05) is 17.6 Å². The Kier molecular flexibility index (Phi) is 6.64. The fourth-order valence-electron chi connectivity index (χ4n) is 3.77. The van der Waals surface area contributed by atoms with E-state index in [-0.39, 0.29) is 18.9 Å². The fourth-order valence-corrected chi connectivity index (χ4v) is 3.77. The summed E-state index contributed by atoms with van der Waals surface area (Å²) in [6.07, 6.45) is 0.168. The van der Waals surface area contributed by atoms with E-state index in [9.17, 15) is 24.0 Å². The van der Waals surface area contributed by atoms with E-state index < -0.39 is 42.2 Å². The van der Waals surface area contributed by atoms with Crippen molar-refractivity contribution in [2.45, 2.75) is 31.8 Å². The van der Waals surface area contributed by atoms with Gasteiger partial charge in [-0.2, -0.15) is 0 Å². The summed E-state index contributed by atoms with van der Waals surface area (Å²) in [5.74, 6) is -3.80. The average Bonchev–Trinajstić information content (AvgIpc) is 2.74. The van der Waals surface area contributed by atoms with Crippen molar-refractivity contribution < 1.29 is 29.1 Å². The molecule has 1 heterocycles. The molecule has 1 aliphatic rings. The summed E-state index contributed by atoms with van der Waals surface area (Å²) < 4.78 is 0. The molecule has 3 amide bonds. The molecule has 1 saturated heterocycles. The van der Waals surface area contributed by atoms with Crippen molar-refractivity contribution in [3.63, 3.8) is 0 Å². The Morgan fingerprint density at radius 3 is 2.58 bits per heavy atom. The van der Waals surface area contributed by atoms with Gasteiger partial charge in [-0.3, -0.25) is 19.2 Å². The van der Waals surface area contributed by atoms with Crippen LogP contribution in [0.3, 0.4) is 0 Å². The SMILES string of the molecule is CC1C[C@H](NC(=O)C(=O)Nc2cccc3ccccc23)C(=O)N([C@H](C=O)CC(=O)O)C1. The maximum absolute atomic E-state index is 12.8. The van der Waals surface area contributed by atoms with Crippen LogP contribution < -0.4 is 10.6 Å². The Balaban J connectivity index is 1.70. The van der Waals surface area contributed by atoms with Crippen LogP contribution in [0.5, 0.6) is 0 Å². The van der Waals surface area contributed by atoms with Gasteiger partial charge in [0.05, 0.1) is 12.5 Å². The summed E-state index contributed by atoms with van der Waals surface area (Å²) in [6, 6.07) is 10.5. The highest BCUT2D eigenvalue weighted by Gasteiger charge is 2.38. The quantitative estimate of drug-likeness (QED) is 0.470. The van der Waals surface area contributed by atoms with Gasteiger partial charge >= 0.3 is 17.8 Å². The number of carbonyl (C=O) groups is 5. The van der Waals surface area contributed by atoms with E-state index in [0.29, 0.717) is 12.0 Å². The van der Waals surface area contributed by atoms with Crippen LogP contribution in [-0.4, -0.2) is 58.6 Å². The predicted octanol–water partition coefficient (Wildman–Crippen LogP) is 1.17. The molecular formula is C22H23N3O6. The standard InChI is InChI=1S/C22H23N3O6/c1-13-9-18(22(31)25(11-13)15(12-26)10-19(27)28)24-21(30)20(29)23-17-8-4-6-14-5-2-3-7-16(14)17/h2-8,12-13,15,18H,9-11H2,1H3,(H,23,29)(H,24,30)(H,27,28)/t13?,15-,18-/m0/s1.